The number of aryl methyl sites for hydroxylation is 1. The van der Waals surface area contributed by atoms with Gasteiger partial charge in [0.15, 0.2) is 0 Å². The molecular formula is C16H21FN4O. The third-order valence-corrected chi connectivity index (χ3v) is 3.50. The van der Waals surface area contributed by atoms with Gasteiger partial charge in [0.05, 0.1) is 11.7 Å². The molecule has 1 unspecified atom stereocenters. The maximum atomic E-state index is 14.2. The molecule has 1 aromatic heterocycles. The minimum Gasteiger partial charge on any atom is -0.351 e. The normalized spacial score (nSPS) is 12.2. The van der Waals surface area contributed by atoms with E-state index in [4.69, 9.17) is 5.73 Å². The molecule has 1 aromatic carbocycles. The van der Waals surface area contributed by atoms with E-state index in [1.807, 2.05) is 13.8 Å². The van der Waals surface area contributed by atoms with Crippen molar-refractivity contribution in [3.63, 3.8) is 0 Å². The third kappa shape index (κ3) is 3.71. The Hall–Kier alpha value is -2.21. The Morgan fingerprint density at radius 3 is 2.86 bits per heavy atom. The highest BCUT2D eigenvalue weighted by molar-refractivity contribution is 5.81. The molecule has 2 rings (SSSR count). The highest BCUT2D eigenvalue weighted by Gasteiger charge is 2.12. The first kappa shape index (κ1) is 16.2. The summed E-state index contributed by atoms with van der Waals surface area (Å²) in [6, 6.07) is 4.36. The lowest BCUT2D eigenvalue weighted by Crippen LogP contribution is -2.40. The van der Waals surface area contributed by atoms with Gasteiger partial charge in [-0.1, -0.05) is 19.4 Å². The summed E-state index contributed by atoms with van der Waals surface area (Å²) in [6.45, 7) is 4.04. The molecule has 0 bridgehead atoms. The average molecular weight is 304 g/mol. The van der Waals surface area contributed by atoms with Crippen molar-refractivity contribution in [2.75, 3.05) is 0 Å². The molecule has 2 aromatic rings. The van der Waals surface area contributed by atoms with Crippen molar-refractivity contribution >= 4 is 5.91 Å². The van der Waals surface area contributed by atoms with Crippen LogP contribution < -0.4 is 11.1 Å². The molecule has 22 heavy (non-hydrogen) atoms. The monoisotopic (exact) mass is 304 g/mol. The van der Waals surface area contributed by atoms with E-state index in [0.717, 1.165) is 6.42 Å². The van der Waals surface area contributed by atoms with Gasteiger partial charge in [-0.2, -0.15) is 0 Å². The molecule has 1 atom stereocenters. The summed E-state index contributed by atoms with van der Waals surface area (Å²) in [5, 5.41) is 2.73. The van der Waals surface area contributed by atoms with Gasteiger partial charge < -0.3 is 15.6 Å². The Kier molecular flexibility index (Phi) is 5.27. The molecule has 0 saturated carbocycles. The fourth-order valence-corrected chi connectivity index (χ4v) is 2.25. The van der Waals surface area contributed by atoms with Crippen molar-refractivity contribution in [2.45, 2.75) is 39.3 Å². The number of aromatic nitrogens is 2. The fourth-order valence-electron chi connectivity index (χ4n) is 2.25. The van der Waals surface area contributed by atoms with Crippen LogP contribution in [0.15, 0.2) is 30.6 Å². The van der Waals surface area contributed by atoms with Crippen LogP contribution in [0.3, 0.4) is 0 Å². The molecule has 1 heterocycles. The molecule has 118 valence electrons. The number of nitrogens with two attached hydrogens (primary N) is 1. The van der Waals surface area contributed by atoms with E-state index in [1.165, 1.54) is 6.07 Å². The second kappa shape index (κ2) is 7.17. The number of halogens is 1. The topological polar surface area (TPSA) is 72.9 Å². The van der Waals surface area contributed by atoms with E-state index in [-0.39, 0.29) is 18.3 Å². The number of carbonyl (C=O) groups is 1. The van der Waals surface area contributed by atoms with Crippen LogP contribution in [-0.2, 0) is 11.3 Å². The molecule has 0 fully saturated rings. The Labute approximate surface area is 129 Å². The van der Waals surface area contributed by atoms with Crippen molar-refractivity contribution in [1.29, 1.82) is 0 Å². The van der Waals surface area contributed by atoms with Gasteiger partial charge in [0.1, 0.15) is 11.6 Å². The first-order valence-corrected chi connectivity index (χ1v) is 7.35. The Balaban J connectivity index is 2.04. The molecule has 5 nitrogen and oxygen atoms in total. The molecule has 3 N–H and O–H groups in total. The first-order valence-electron chi connectivity index (χ1n) is 7.35. The van der Waals surface area contributed by atoms with E-state index in [1.54, 1.807) is 29.1 Å². The number of nitrogens with zero attached hydrogens (tertiary/aromatic N) is 2. The molecule has 0 spiro atoms. The lowest BCUT2D eigenvalue weighted by atomic mass is 10.1. The van der Waals surface area contributed by atoms with E-state index >= 15 is 0 Å². The Morgan fingerprint density at radius 1 is 1.50 bits per heavy atom. The molecule has 0 saturated heterocycles. The van der Waals surface area contributed by atoms with Crippen LogP contribution in [0.4, 0.5) is 4.39 Å². The lowest BCUT2D eigenvalue weighted by molar-refractivity contribution is -0.122. The van der Waals surface area contributed by atoms with E-state index in [2.05, 4.69) is 10.3 Å². The molecule has 0 radical (unpaired) electrons. The zero-order chi connectivity index (χ0) is 16.1. The number of rotatable bonds is 6. The summed E-state index contributed by atoms with van der Waals surface area (Å²) in [6.07, 6.45) is 4.82. The number of nitrogens with one attached hydrogen (secondary N) is 1. The van der Waals surface area contributed by atoms with Crippen molar-refractivity contribution < 1.29 is 9.18 Å². The quantitative estimate of drug-likeness (QED) is 0.858. The van der Waals surface area contributed by atoms with Gasteiger partial charge in [0.25, 0.3) is 0 Å². The summed E-state index contributed by atoms with van der Waals surface area (Å²) < 4.78 is 15.9. The summed E-state index contributed by atoms with van der Waals surface area (Å²) in [4.78, 5) is 15.8. The van der Waals surface area contributed by atoms with Crippen molar-refractivity contribution in [1.82, 2.24) is 14.9 Å². The van der Waals surface area contributed by atoms with Crippen LogP contribution in [0.1, 0.15) is 31.2 Å². The van der Waals surface area contributed by atoms with Crippen molar-refractivity contribution in [3.8, 4) is 5.69 Å². The van der Waals surface area contributed by atoms with E-state index < -0.39 is 6.04 Å². The predicted octanol–water partition coefficient (Wildman–Crippen LogP) is 2.06. The average Bonchev–Trinajstić information content (AvgIpc) is 2.91. The highest BCUT2D eigenvalue weighted by Crippen LogP contribution is 2.16. The minimum atomic E-state index is -0.511. The molecule has 0 aliphatic heterocycles. The second-order valence-corrected chi connectivity index (χ2v) is 5.24. The standard InChI is InChI=1S/C16H21FN4O/c1-3-4-14(18)16(22)20-10-12-5-6-15(13(17)9-12)21-8-7-19-11(21)2/h5-9,14H,3-4,10,18H2,1-2H3,(H,20,22). The molecule has 0 aliphatic rings. The molecule has 1 amide bonds. The van der Waals surface area contributed by atoms with Gasteiger partial charge in [-0.25, -0.2) is 9.37 Å². The first-order chi connectivity index (χ1) is 10.5. The predicted molar refractivity (Wildman–Crippen MR) is 83.0 cm³/mol. The number of amides is 1. The summed E-state index contributed by atoms with van der Waals surface area (Å²) in [5.74, 6) is 0.146. The molecule has 0 aliphatic carbocycles. The number of imidazole rings is 1. The van der Waals surface area contributed by atoms with Gasteiger partial charge in [0, 0.05) is 18.9 Å². The third-order valence-electron chi connectivity index (χ3n) is 3.50. The second-order valence-electron chi connectivity index (χ2n) is 5.24. The number of hydrogen-bond acceptors (Lipinski definition) is 3. The molecule has 6 heteroatoms. The van der Waals surface area contributed by atoms with Crippen LogP contribution in [0.5, 0.6) is 0 Å². The van der Waals surface area contributed by atoms with Gasteiger partial charge in [-0.05, 0) is 31.0 Å². The number of hydrogen-bond donors (Lipinski definition) is 2. The van der Waals surface area contributed by atoms with Gasteiger partial charge in [0.2, 0.25) is 5.91 Å². The zero-order valence-electron chi connectivity index (χ0n) is 12.8. The minimum absolute atomic E-state index is 0.211. The SMILES string of the molecule is CCCC(N)C(=O)NCc1ccc(-n2ccnc2C)c(F)c1. The van der Waals surface area contributed by atoms with Crippen LogP contribution >= 0.6 is 0 Å². The number of carbonyl (C=O) groups excluding carboxylic acids is 1. The summed E-state index contributed by atoms with van der Waals surface area (Å²) >= 11 is 0. The summed E-state index contributed by atoms with van der Waals surface area (Å²) in [7, 11) is 0. The lowest BCUT2D eigenvalue weighted by Gasteiger charge is -2.12. The van der Waals surface area contributed by atoms with Crippen LogP contribution in [-0.4, -0.2) is 21.5 Å². The van der Waals surface area contributed by atoms with Gasteiger partial charge >= 0.3 is 0 Å². The fraction of sp³-hybridized carbons (Fsp3) is 0.375. The number of benzene rings is 1. The molecular weight excluding hydrogens is 283 g/mol. The van der Waals surface area contributed by atoms with E-state index in [9.17, 15) is 9.18 Å². The van der Waals surface area contributed by atoms with E-state index in [0.29, 0.717) is 23.5 Å². The largest absolute Gasteiger partial charge is 0.351 e. The zero-order valence-corrected chi connectivity index (χ0v) is 12.8. The van der Waals surface area contributed by atoms with Crippen LogP contribution in [0.25, 0.3) is 5.69 Å². The van der Waals surface area contributed by atoms with Gasteiger partial charge in [-0.15, -0.1) is 0 Å². The Bertz CT molecular complexity index is 653. The van der Waals surface area contributed by atoms with Crippen molar-refractivity contribution in [3.05, 3.63) is 47.8 Å². The maximum absolute atomic E-state index is 14.2. The Morgan fingerprint density at radius 2 is 2.27 bits per heavy atom. The van der Waals surface area contributed by atoms with Gasteiger partial charge in [-0.3, -0.25) is 4.79 Å². The maximum Gasteiger partial charge on any atom is 0.237 e. The smallest absolute Gasteiger partial charge is 0.237 e. The van der Waals surface area contributed by atoms with Crippen molar-refractivity contribution in [2.24, 2.45) is 5.73 Å². The summed E-state index contributed by atoms with van der Waals surface area (Å²) in [5.41, 5.74) is 6.86. The van der Waals surface area contributed by atoms with Crippen LogP contribution in [0, 0.1) is 12.7 Å². The van der Waals surface area contributed by atoms with Crippen LogP contribution in [0.2, 0.25) is 0 Å². The highest BCUT2D eigenvalue weighted by atomic mass is 19.1.